The SMILES string of the molecule is C[C@@H]1C(=O)O[C@H](CO)[C@@H](O)C23C4C[C@@H](C(C)(C)C)C25[C@H](OC(=O)[C@H]5OC(=O)C(c2ccccc2)N2CCc5sccc5C2)O[C@@]13C(=O)O4. The number of hydrogen-bond donors (Lipinski definition) is 2. The average molecular weight is 682 g/mol. The van der Waals surface area contributed by atoms with Gasteiger partial charge in [0.2, 0.25) is 12.4 Å². The molecule has 4 unspecified atom stereocenters. The zero-order valence-corrected chi connectivity index (χ0v) is 27.9. The Balaban J connectivity index is 1.29. The number of benzene rings is 1. The van der Waals surface area contributed by atoms with E-state index in [1.807, 2.05) is 67.4 Å². The zero-order valence-electron chi connectivity index (χ0n) is 27.1. The van der Waals surface area contributed by atoms with Gasteiger partial charge in [0.25, 0.3) is 0 Å². The van der Waals surface area contributed by atoms with Crippen molar-refractivity contribution in [2.45, 2.75) is 89.4 Å². The van der Waals surface area contributed by atoms with Crippen LogP contribution in [0.3, 0.4) is 0 Å². The summed E-state index contributed by atoms with van der Waals surface area (Å²) in [6, 6.07) is 10.3. The van der Waals surface area contributed by atoms with Crippen LogP contribution in [-0.2, 0) is 55.8 Å². The van der Waals surface area contributed by atoms with Crippen molar-refractivity contribution in [1.29, 1.82) is 0 Å². The molecule has 1 aromatic heterocycles. The van der Waals surface area contributed by atoms with Crippen LogP contribution in [0.4, 0.5) is 0 Å². The number of carbonyl (C=O) groups excluding carboxylic acids is 4. The van der Waals surface area contributed by atoms with Crippen molar-refractivity contribution in [2.75, 3.05) is 13.2 Å². The predicted octanol–water partition coefficient (Wildman–Crippen LogP) is 2.29. The van der Waals surface area contributed by atoms with Gasteiger partial charge in [0, 0.05) is 18.0 Å². The van der Waals surface area contributed by atoms with Crippen molar-refractivity contribution in [3.8, 4) is 0 Å². The summed E-state index contributed by atoms with van der Waals surface area (Å²) < 4.78 is 30.4. The standard InChI is InChI=1S/C35H39NO11S/c1-17-27(39)43-20(16-37)25(38)34-23-14-22(32(2,3)4)33(34)26(29(41)46-31(33)47-35(17,34)30(42)44-23)45-28(40)24(18-8-6-5-7-9-18)36-12-10-21-19(15-36)11-13-48-21/h5-9,11,13,17,20,22-26,31,37-38H,10,12,14-16H2,1-4H3/t17-,20-,22+,23?,24?,25-,26-,31-,33?,34?,35-/m1/s1. The summed E-state index contributed by atoms with van der Waals surface area (Å²) in [6.07, 6.45) is -6.51. The van der Waals surface area contributed by atoms with Crippen LogP contribution in [0.2, 0.25) is 0 Å². The van der Waals surface area contributed by atoms with Crippen LogP contribution in [0.15, 0.2) is 41.8 Å². The maximum absolute atomic E-state index is 14.7. The second-order valence-corrected chi connectivity index (χ2v) is 16.0. The minimum absolute atomic E-state index is 0.160. The highest BCUT2D eigenvalue weighted by Gasteiger charge is 2.97. The fraction of sp³-hybridized carbons (Fsp3) is 0.600. The molecular weight excluding hydrogens is 642 g/mol. The van der Waals surface area contributed by atoms with Gasteiger partial charge in [-0.05, 0) is 53.7 Å². The molecule has 256 valence electrons. The summed E-state index contributed by atoms with van der Waals surface area (Å²) in [6.45, 7) is 7.58. The Morgan fingerprint density at radius 1 is 1.10 bits per heavy atom. The fourth-order valence-electron chi connectivity index (χ4n) is 10.3. The van der Waals surface area contributed by atoms with Crippen LogP contribution >= 0.6 is 11.3 Å². The zero-order chi connectivity index (χ0) is 34.0. The number of carbonyl (C=O) groups is 4. The van der Waals surface area contributed by atoms with Gasteiger partial charge < -0.3 is 33.9 Å². The van der Waals surface area contributed by atoms with Crippen molar-refractivity contribution in [2.24, 2.45) is 28.1 Å². The van der Waals surface area contributed by atoms with Crippen LogP contribution in [0.5, 0.6) is 0 Å². The Labute approximate surface area is 281 Å². The third-order valence-electron chi connectivity index (χ3n) is 12.0. The number of fused-ring (bicyclic) bond motifs is 1. The Hall–Kier alpha value is -3.36. The molecule has 48 heavy (non-hydrogen) atoms. The maximum atomic E-state index is 14.7. The van der Waals surface area contributed by atoms with Gasteiger partial charge in [-0.25, -0.2) is 14.4 Å². The van der Waals surface area contributed by atoms with Crippen molar-refractivity contribution >= 4 is 35.2 Å². The van der Waals surface area contributed by atoms with E-state index in [4.69, 9.17) is 23.7 Å². The lowest BCUT2D eigenvalue weighted by atomic mass is 9.48. The van der Waals surface area contributed by atoms with Gasteiger partial charge in [0.15, 0.2) is 11.7 Å². The summed E-state index contributed by atoms with van der Waals surface area (Å²) in [7, 11) is 0. The average Bonchev–Trinajstić information content (AvgIpc) is 3.80. The molecule has 2 spiro atoms. The van der Waals surface area contributed by atoms with Gasteiger partial charge in [0.1, 0.15) is 18.2 Å². The van der Waals surface area contributed by atoms with Crippen molar-refractivity contribution in [1.82, 2.24) is 4.90 Å². The molecule has 0 radical (unpaired) electrons. The molecule has 2 N–H and O–H groups in total. The molecule has 12 nitrogen and oxygen atoms in total. The lowest BCUT2D eigenvalue weighted by Gasteiger charge is -2.50. The summed E-state index contributed by atoms with van der Waals surface area (Å²) in [4.78, 5) is 59.6. The fourth-order valence-corrected chi connectivity index (χ4v) is 11.2. The highest BCUT2D eigenvalue weighted by molar-refractivity contribution is 7.10. The molecule has 1 aromatic carbocycles. The van der Waals surface area contributed by atoms with E-state index in [-0.39, 0.29) is 6.42 Å². The largest absolute Gasteiger partial charge is 0.459 e. The number of aliphatic hydroxyl groups excluding tert-OH is 2. The van der Waals surface area contributed by atoms with E-state index < -0.39 is 101 Å². The van der Waals surface area contributed by atoms with E-state index in [1.165, 1.54) is 11.8 Å². The molecule has 5 fully saturated rings. The smallest absolute Gasteiger partial charge is 0.350 e. The number of esters is 4. The summed E-state index contributed by atoms with van der Waals surface area (Å²) in [5, 5.41) is 24.8. The maximum Gasteiger partial charge on any atom is 0.350 e. The Bertz CT molecular complexity index is 1690. The minimum atomic E-state index is -2.14. The number of thiophene rings is 1. The highest BCUT2D eigenvalue weighted by Crippen LogP contribution is 2.81. The molecule has 6 aliphatic rings. The van der Waals surface area contributed by atoms with E-state index in [0.29, 0.717) is 18.7 Å². The van der Waals surface area contributed by atoms with Gasteiger partial charge in [-0.1, -0.05) is 51.1 Å². The summed E-state index contributed by atoms with van der Waals surface area (Å²) in [5.41, 5.74) is -4.56. The number of cyclic esters (lactones) is 1. The van der Waals surface area contributed by atoms with Crippen molar-refractivity contribution in [3.05, 3.63) is 57.8 Å². The molecule has 5 aliphatic heterocycles. The predicted molar refractivity (Wildman–Crippen MR) is 166 cm³/mol. The van der Waals surface area contributed by atoms with E-state index in [0.717, 1.165) is 12.0 Å². The van der Waals surface area contributed by atoms with Crippen LogP contribution in [0.1, 0.15) is 56.2 Å². The molecule has 1 aliphatic carbocycles. The molecule has 13 heteroatoms. The molecule has 11 atom stereocenters. The summed E-state index contributed by atoms with van der Waals surface area (Å²) >= 11 is 1.68. The van der Waals surface area contributed by atoms with Crippen LogP contribution in [-0.4, -0.2) is 88.4 Å². The number of ether oxygens (including phenoxy) is 5. The first-order chi connectivity index (χ1) is 22.8. The third-order valence-corrected chi connectivity index (χ3v) is 13.0. The molecule has 0 amide bonds. The molecule has 4 saturated heterocycles. The van der Waals surface area contributed by atoms with E-state index in [1.54, 1.807) is 11.3 Å². The quantitative estimate of drug-likeness (QED) is 0.351. The Morgan fingerprint density at radius 3 is 2.56 bits per heavy atom. The molecule has 1 saturated carbocycles. The summed E-state index contributed by atoms with van der Waals surface area (Å²) in [5.74, 6) is -5.25. The first kappa shape index (κ1) is 31.9. The first-order valence-electron chi connectivity index (χ1n) is 16.5. The van der Waals surface area contributed by atoms with Crippen molar-refractivity contribution in [3.63, 3.8) is 0 Å². The molecular formula is C35H39NO11S. The van der Waals surface area contributed by atoms with E-state index >= 15 is 0 Å². The van der Waals surface area contributed by atoms with Gasteiger partial charge in [0.05, 0.1) is 23.4 Å². The molecule has 8 rings (SSSR count). The van der Waals surface area contributed by atoms with Crippen LogP contribution in [0, 0.1) is 28.1 Å². The molecule has 2 aromatic rings. The van der Waals surface area contributed by atoms with Gasteiger partial charge in [-0.3, -0.25) is 9.69 Å². The Kier molecular flexibility index (Phi) is 7.02. The van der Waals surface area contributed by atoms with Gasteiger partial charge in [-0.15, -0.1) is 11.3 Å². The molecule has 6 heterocycles. The van der Waals surface area contributed by atoms with E-state index in [2.05, 4.69) is 0 Å². The normalized spacial score (nSPS) is 40.5. The second-order valence-electron chi connectivity index (χ2n) is 15.0. The van der Waals surface area contributed by atoms with Gasteiger partial charge >= 0.3 is 23.9 Å². The number of nitrogens with zero attached hydrogens (tertiary/aromatic N) is 1. The third kappa shape index (κ3) is 3.74. The topological polar surface area (TPSA) is 158 Å². The highest BCUT2D eigenvalue weighted by atomic mass is 32.1. The monoisotopic (exact) mass is 681 g/mol. The lowest BCUT2D eigenvalue weighted by molar-refractivity contribution is -0.207. The Morgan fingerprint density at radius 2 is 1.85 bits per heavy atom. The number of aliphatic hydroxyl groups is 2. The first-order valence-corrected chi connectivity index (χ1v) is 17.4. The van der Waals surface area contributed by atoms with Crippen molar-refractivity contribution < 1.29 is 53.1 Å². The minimum Gasteiger partial charge on any atom is -0.459 e. The van der Waals surface area contributed by atoms with Crippen LogP contribution < -0.4 is 0 Å². The van der Waals surface area contributed by atoms with Crippen LogP contribution in [0.25, 0.3) is 0 Å². The number of rotatable bonds is 5. The number of hydrogen-bond acceptors (Lipinski definition) is 13. The lowest BCUT2D eigenvalue weighted by Crippen LogP contribution is -2.68. The van der Waals surface area contributed by atoms with E-state index in [9.17, 15) is 29.4 Å². The van der Waals surface area contributed by atoms with Gasteiger partial charge in [-0.2, -0.15) is 0 Å². The molecule has 0 bridgehead atoms. The second kappa shape index (κ2) is 10.6.